The number of hydrogen-bond donors (Lipinski definition) is 2. The van der Waals surface area contributed by atoms with Crippen LogP contribution in [-0.4, -0.2) is 29.1 Å². The molecule has 5 nitrogen and oxygen atoms in total. The van der Waals surface area contributed by atoms with Gasteiger partial charge >= 0.3 is 0 Å². The highest BCUT2D eigenvalue weighted by atomic mass is 19.2. The third-order valence-corrected chi connectivity index (χ3v) is 4.63. The topological polar surface area (TPSA) is 51.1 Å². The van der Waals surface area contributed by atoms with Gasteiger partial charge in [-0.25, -0.2) is 31.0 Å². The standard InChI is InChI=1S/C12H7F6NO.C11H13N3/c13-5-3-1-2-4-6(5)19-20-12-10(17)8(15)7(14)9(16)11(12)18;1-9-8-11(12-2)14(13-9)10-6-4-3-5-7-10/h1-4,10,12,19H;3-8,12H,1-2H3. The predicted octanol–water partition coefficient (Wildman–Crippen LogP) is 6.41. The van der Waals surface area contributed by atoms with Crippen LogP contribution in [0.5, 0.6) is 0 Å². The molecule has 4 rings (SSSR count). The monoisotopic (exact) mass is 482 g/mol. The second kappa shape index (κ2) is 10.9. The van der Waals surface area contributed by atoms with Crippen LogP contribution in [0.1, 0.15) is 5.69 Å². The maximum atomic E-state index is 13.3. The average molecular weight is 482 g/mol. The summed E-state index contributed by atoms with van der Waals surface area (Å²) >= 11 is 0. The van der Waals surface area contributed by atoms with Crippen molar-refractivity contribution in [3.63, 3.8) is 0 Å². The van der Waals surface area contributed by atoms with E-state index >= 15 is 0 Å². The minimum atomic E-state index is -2.88. The summed E-state index contributed by atoms with van der Waals surface area (Å²) in [5, 5.41) is 7.52. The molecule has 0 saturated carbocycles. The van der Waals surface area contributed by atoms with Gasteiger partial charge in [0.1, 0.15) is 11.6 Å². The Morgan fingerprint density at radius 1 is 0.882 bits per heavy atom. The molecule has 2 aromatic carbocycles. The fourth-order valence-electron chi connectivity index (χ4n) is 2.94. The van der Waals surface area contributed by atoms with Gasteiger partial charge in [0.15, 0.2) is 35.6 Å². The summed E-state index contributed by atoms with van der Waals surface area (Å²) in [6.45, 7) is 1.99. The van der Waals surface area contributed by atoms with Crippen molar-refractivity contribution in [2.45, 2.75) is 19.2 Å². The van der Waals surface area contributed by atoms with Gasteiger partial charge in [-0.1, -0.05) is 30.3 Å². The van der Waals surface area contributed by atoms with Crippen molar-refractivity contribution in [3.05, 3.63) is 95.5 Å². The average Bonchev–Trinajstić information content (AvgIpc) is 3.24. The van der Waals surface area contributed by atoms with Crippen LogP contribution in [0.25, 0.3) is 5.69 Å². The van der Waals surface area contributed by atoms with E-state index in [1.165, 1.54) is 12.1 Å². The number of rotatable bonds is 5. The minimum absolute atomic E-state index is 0.302. The predicted molar refractivity (Wildman–Crippen MR) is 116 cm³/mol. The highest BCUT2D eigenvalue weighted by Gasteiger charge is 2.42. The number of halogens is 6. The smallest absolute Gasteiger partial charge is 0.196 e. The molecule has 2 atom stereocenters. The van der Waals surface area contributed by atoms with Gasteiger partial charge in [0.25, 0.3) is 0 Å². The van der Waals surface area contributed by atoms with Crippen molar-refractivity contribution in [1.82, 2.24) is 9.78 Å². The maximum absolute atomic E-state index is 13.3. The number of allylic oxidation sites excluding steroid dienone is 2. The summed E-state index contributed by atoms with van der Waals surface area (Å²) in [7, 11) is 1.90. The third-order valence-electron chi connectivity index (χ3n) is 4.63. The Labute approximate surface area is 191 Å². The van der Waals surface area contributed by atoms with Crippen LogP contribution in [0, 0.1) is 12.7 Å². The fourth-order valence-corrected chi connectivity index (χ4v) is 2.94. The van der Waals surface area contributed by atoms with Gasteiger partial charge in [0, 0.05) is 13.1 Å². The molecule has 1 aliphatic carbocycles. The van der Waals surface area contributed by atoms with E-state index in [-0.39, 0.29) is 5.69 Å². The first-order valence-corrected chi connectivity index (χ1v) is 9.95. The zero-order valence-electron chi connectivity index (χ0n) is 18.0. The Balaban J connectivity index is 0.000000202. The molecule has 0 spiro atoms. The fraction of sp³-hybridized carbons (Fsp3) is 0.174. The van der Waals surface area contributed by atoms with Gasteiger partial charge in [0.2, 0.25) is 0 Å². The molecule has 2 N–H and O–H groups in total. The molecule has 0 bridgehead atoms. The zero-order valence-corrected chi connectivity index (χ0v) is 18.0. The molecule has 180 valence electrons. The van der Waals surface area contributed by atoms with E-state index in [9.17, 15) is 26.3 Å². The quantitative estimate of drug-likeness (QED) is 0.326. The maximum Gasteiger partial charge on any atom is 0.196 e. The van der Waals surface area contributed by atoms with E-state index in [1.807, 2.05) is 60.5 Å². The van der Waals surface area contributed by atoms with Crippen molar-refractivity contribution >= 4 is 11.5 Å². The molecule has 3 aromatic rings. The molecule has 0 fully saturated rings. The Bertz CT molecular complexity index is 1200. The van der Waals surface area contributed by atoms with Gasteiger partial charge in [-0.05, 0) is 31.2 Å². The Morgan fingerprint density at radius 2 is 1.50 bits per heavy atom. The summed E-state index contributed by atoms with van der Waals surface area (Å²) < 4.78 is 80.3. The van der Waals surface area contributed by atoms with Gasteiger partial charge < -0.3 is 5.32 Å². The molecule has 1 aliphatic rings. The number of benzene rings is 2. The highest BCUT2D eigenvalue weighted by molar-refractivity contribution is 5.45. The van der Waals surface area contributed by atoms with Crippen LogP contribution in [0.4, 0.5) is 37.8 Å². The molecule has 2 unspecified atom stereocenters. The number of aryl methyl sites for hydroxylation is 1. The van der Waals surface area contributed by atoms with Crippen molar-refractivity contribution in [2.24, 2.45) is 0 Å². The van der Waals surface area contributed by atoms with Gasteiger partial charge in [-0.3, -0.25) is 10.3 Å². The number of nitrogens with zero attached hydrogens (tertiary/aromatic N) is 2. The van der Waals surface area contributed by atoms with Crippen LogP contribution < -0.4 is 10.8 Å². The van der Waals surface area contributed by atoms with Crippen molar-refractivity contribution in [1.29, 1.82) is 0 Å². The lowest BCUT2D eigenvalue weighted by atomic mass is 10.1. The summed E-state index contributed by atoms with van der Waals surface area (Å²) in [4.78, 5) is 4.38. The number of para-hydroxylation sites is 2. The number of nitrogens with one attached hydrogen (secondary N) is 2. The van der Waals surface area contributed by atoms with E-state index < -0.39 is 41.4 Å². The zero-order chi connectivity index (χ0) is 24.8. The second-order valence-corrected chi connectivity index (χ2v) is 7.01. The first-order chi connectivity index (χ1) is 16.2. The van der Waals surface area contributed by atoms with Gasteiger partial charge in [-0.15, -0.1) is 0 Å². The van der Waals surface area contributed by atoms with E-state index in [0.717, 1.165) is 29.3 Å². The van der Waals surface area contributed by atoms with Crippen molar-refractivity contribution in [2.75, 3.05) is 17.8 Å². The molecule has 1 aromatic heterocycles. The lowest BCUT2D eigenvalue weighted by Crippen LogP contribution is -2.33. The second-order valence-electron chi connectivity index (χ2n) is 7.01. The van der Waals surface area contributed by atoms with Crippen molar-refractivity contribution < 1.29 is 31.2 Å². The van der Waals surface area contributed by atoms with Gasteiger partial charge in [0.05, 0.1) is 17.1 Å². The number of anilines is 2. The summed E-state index contributed by atoms with van der Waals surface area (Å²) in [6, 6.07) is 17.0. The molecule has 0 aliphatic heterocycles. The molecule has 11 heteroatoms. The first kappa shape index (κ1) is 24.9. The van der Waals surface area contributed by atoms with E-state index in [1.54, 1.807) is 0 Å². The molecule has 34 heavy (non-hydrogen) atoms. The number of alkyl halides is 1. The highest BCUT2D eigenvalue weighted by Crippen LogP contribution is 2.37. The van der Waals surface area contributed by atoms with Crippen LogP contribution >= 0.6 is 0 Å². The Kier molecular flexibility index (Phi) is 8.00. The molecule has 0 amide bonds. The lowest BCUT2D eigenvalue weighted by molar-refractivity contribution is 0.0374. The molecule has 1 heterocycles. The normalized spacial score (nSPS) is 17.9. The summed E-state index contributed by atoms with van der Waals surface area (Å²) in [6.07, 6.45) is -5.28. The van der Waals surface area contributed by atoms with E-state index in [4.69, 9.17) is 0 Å². The molecule has 0 radical (unpaired) electrons. The number of aromatic nitrogens is 2. The van der Waals surface area contributed by atoms with Crippen molar-refractivity contribution in [3.8, 4) is 5.69 Å². The summed E-state index contributed by atoms with van der Waals surface area (Å²) in [5.74, 6) is -8.32. The van der Waals surface area contributed by atoms with Gasteiger partial charge in [-0.2, -0.15) is 5.10 Å². The number of hydrogen-bond acceptors (Lipinski definition) is 4. The minimum Gasteiger partial charge on any atom is -0.373 e. The third kappa shape index (κ3) is 5.42. The van der Waals surface area contributed by atoms with Crippen LogP contribution in [0.2, 0.25) is 0 Å². The van der Waals surface area contributed by atoms with E-state index in [2.05, 4.69) is 15.3 Å². The SMILES string of the molecule is CNc1cc(C)nn1-c1ccccc1.FC1=C(F)C(F)C(ONc2ccccc2F)C(F)=C1F. The largest absolute Gasteiger partial charge is 0.373 e. The molecular formula is C23H20F6N4O. The summed E-state index contributed by atoms with van der Waals surface area (Å²) in [5.41, 5.74) is 3.62. The Hall–Kier alpha value is -3.73. The van der Waals surface area contributed by atoms with Crippen LogP contribution in [0.3, 0.4) is 0 Å². The molecular weight excluding hydrogens is 462 g/mol. The lowest BCUT2D eigenvalue weighted by Gasteiger charge is -2.23. The van der Waals surface area contributed by atoms with E-state index in [0.29, 0.717) is 0 Å². The van der Waals surface area contributed by atoms with Crippen LogP contribution in [0.15, 0.2) is 84.0 Å². The first-order valence-electron chi connectivity index (χ1n) is 9.95. The van der Waals surface area contributed by atoms with Crippen LogP contribution in [-0.2, 0) is 4.84 Å². The molecule has 0 saturated heterocycles. The Morgan fingerprint density at radius 3 is 2.15 bits per heavy atom.